The van der Waals surface area contributed by atoms with Crippen molar-refractivity contribution in [2.24, 2.45) is 5.92 Å². The van der Waals surface area contributed by atoms with Gasteiger partial charge in [0.05, 0.1) is 12.0 Å². The molecule has 1 aromatic heterocycles. The number of hydrogen-bond donors (Lipinski definition) is 1. The lowest BCUT2D eigenvalue weighted by atomic mass is 9.97. The van der Waals surface area contributed by atoms with E-state index in [-0.39, 0.29) is 30.2 Å². The third-order valence-electron chi connectivity index (χ3n) is 4.86. The number of rotatable bonds is 6. The van der Waals surface area contributed by atoms with Gasteiger partial charge >= 0.3 is 0 Å². The van der Waals surface area contributed by atoms with Gasteiger partial charge in [0.25, 0.3) is 0 Å². The van der Waals surface area contributed by atoms with Crippen molar-refractivity contribution in [2.75, 3.05) is 32.1 Å². The van der Waals surface area contributed by atoms with Gasteiger partial charge in [-0.05, 0) is 37.6 Å². The minimum Gasteiger partial charge on any atom is -0.344 e. The summed E-state index contributed by atoms with van der Waals surface area (Å²) in [5.41, 5.74) is 2.00. The summed E-state index contributed by atoms with van der Waals surface area (Å²) < 4.78 is 0. The van der Waals surface area contributed by atoms with Gasteiger partial charge in [0.2, 0.25) is 11.8 Å². The standard InChI is InChI=1S/C20H25N3O2S/c1-14-6-8-15(9-7-14)23-18(24)13-16(19(23)17-5-4-12-26-17)20(25)22(3)11-10-21-2/h4-9,12,16,19,21H,10-11,13H2,1-3H3. The maximum atomic E-state index is 13.1. The highest BCUT2D eigenvalue weighted by molar-refractivity contribution is 7.10. The van der Waals surface area contributed by atoms with Crippen LogP contribution < -0.4 is 10.2 Å². The number of aryl methyl sites for hydroxylation is 1. The minimum absolute atomic E-state index is 0.00706. The second-order valence-corrected chi connectivity index (χ2v) is 7.71. The number of amides is 2. The largest absolute Gasteiger partial charge is 0.344 e. The van der Waals surface area contributed by atoms with E-state index in [1.54, 1.807) is 21.1 Å². The van der Waals surface area contributed by atoms with E-state index in [0.29, 0.717) is 6.54 Å². The number of carbonyl (C=O) groups is 2. The second-order valence-electron chi connectivity index (χ2n) is 6.73. The average Bonchev–Trinajstić information content (AvgIpc) is 3.27. The zero-order valence-electron chi connectivity index (χ0n) is 15.4. The molecule has 2 amide bonds. The number of benzene rings is 1. The van der Waals surface area contributed by atoms with Crippen LogP contribution in [0.25, 0.3) is 0 Å². The van der Waals surface area contributed by atoms with Gasteiger partial charge in [-0.2, -0.15) is 0 Å². The first-order valence-corrected chi connectivity index (χ1v) is 9.72. The molecule has 2 aromatic rings. The van der Waals surface area contributed by atoms with Crippen LogP contribution in [0.3, 0.4) is 0 Å². The van der Waals surface area contributed by atoms with Crippen LogP contribution in [-0.2, 0) is 9.59 Å². The highest BCUT2D eigenvalue weighted by atomic mass is 32.1. The van der Waals surface area contributed by atoms with Crippen molar-refractivity contribution in [2.45, 2.75) is 19.4 Å². The van der Waals surface area contributed by atoms with Crippen molar-refractivity contribution in [1.29, 1.82) is 0 Å². The van der Waals surface area contributed by atoms with Gasteiger partial charge in [0, 0.05) is 37.1 Å². The third-order valence-corrected chi connectivity index (χ3v) is 5.80. The van der Waals surface area contributed by atoms with E-state index in [0.717, 1.165) is 22.7 Å². The van der Waals surface area contributed by atoms with Crippen LogP contribution in [0.1, 0.15) is 22.9 Å². The van der Waals surface area contributed by atoms with Crippen LogP contribution in [0.5, 0.6) is 0 Å². The SMILES string of the molecule is CNCCN(C)C(=O)C1CC(=O)N(c2ccc(C)cc2)C1c1cccs1. The summed E-state index contributed by atoms with van der Waals surface area (Å²) >= 11 is 1.60. The Balaban J connectivity index is 1.94. The summed E-state index contributed by atoms with van der Waals surface area (Å²) in [7, 11) is 3.68. The Hall–Kier alpha value is -2.18. The smallest absolute Gasteiger partial charge is 0.228 e. The molecule has 3 rings (SSSR count). The summed E-state index contributed by atoms with van der Waals surface area (Å²) in [6.07, 6.45) is 0.249. The molecule has 2 atom stereocenters. The maximum Gasteiger partial charge on any atom is 0.228 e. The molecule has 1 aromatic carbocycles. The van der Waals surface area contributed by atoms with Crippen LogP contribution in [0, 0.1) is 12.8 Å². The first-order valence-electron chi connectivity index (χ1n) is 8.84. The highest BCUT2D eigenvalue weighted by Crippen LogP contribution is 2.43. The fourth-order valence-electron chi connectivity index (χ4n) is 3.42. The topological polar surface area (TPSA) is 52.7 Å². The second kappa shape index (κ2) is 8.01. The van der Waals surface area contributed by atoms with Crippen LogP contribution in [0.4, 0.5) is 5.69 Å². The molecule has 1 aliphatic rings. The average molecular weight is 372 g/mol. The summed E-state index contributed by atoms with van der Waals surface area (Å²) in [5.74, 6) is -0.321. The Labute approximate surface area is 158 Å². The molecule has 0 radical (unpaired) electrons. The van der Waals surface area contributed by atoms with Gasteiger partial charge in [-0.25, -0.2) is 0 Å². The van der Waals surface area contributed by atoms with E-state index < -0.39 is 0 Å². The van der Waals surface area contributed by atoms with Crippen LogP contribution in [0.2, 0.25) is 0 Å². The van der Waals surface area contributed by atoms with E-state index in [2.05, 4.69) is 5.32 Å². The molecule has 26 heavy (non-hydrogen) atoms. The number of carbonyl (C=O) groups excluding carboxylic acids is 2. The van der Waals surface area contributed by atoms with Crippen molar-refractivity contribution in [1.82, 2.24) is 10.2 Å². The Morgan fingerprint density at radius 1 is 1.31 bits per heavy atom. The zero-order valence-corrected chi connectivity index (χ0v) is 16.3. The van der Waals surface area contributed by atoms with Gasteiger partial charge in [-0.15, -0.1) is 11.3 Å². The molecule has 1 fully saturated rings. The molecular formula is C20H25N3O2S. The Bertz CT molecular complexity index is 758. The molecule has 0 bridgehead atoms. The van der Waals surface area contributed by atoms with Gasteiger partial charge in [0.1, 0.15) is 0 Å². The lowest BCUT2D eigenvalue weighted by Crippen LogP contribution is -2.39. The van der Waals surface area contributed by atoms with Crippen molar-refractivity contribution in [3.63, 3.8) is 0 Å². The molecular weight excluding hydrogens is 346 g/mol. The van der Waals surface area contributed by atoms with Crippen LogP contribution >= 0.6 is 11.3 Å². The fraction of sp³-hybridized carbons (Fsp3) is 0.400. The number of hydrogen-bond acceptors (Lipinski definition) is 4. The Morgan fingerprint density at radius 2 is 2.04 bits per heavy atom. The lowest BCUT2D eigenvalue weighted by molar-refractivity contribution is -0.135. The number of likely N-dealkylation sites (N-methyl/N-ethyl adjacent to an activating group) is 2. The molecule has 1 aliphatic heterocycles. The molecule has 5 nitrogen and oxygen atoms in total. The molecule has 2 unspecified atom stereocenters. The first-order chi connectivity index (χ1) is 12.5. The predicted molar refractivity (Wildman–Crippen MR) is 105 cm³/mol. The summed E-state index contributed by atoms with van der Waals surface area (Å²) in [5, 5.41) is 5.06. The Morgan fingerprint density at radius 3 is 2.65 bits per heavy atom. The quantitative estimate of drug-likeness (QED) is 0.850. The van der Waals surface area contributed by atoms with Gasteiger partial charge in [-0.1, -0.05) is 23.8 Å². The van der Waals surface area contributed by atoms with E-state index in [9.17, 15) is 9.59 Å². The molecule has 0 spiro atoms. The number of nitrogens with one attached hydrogen (secondary N) is 1. The van der Waals surface area contributed by atoms with Gasteiger partial charge in [0.15, 0.2) is 0 Å². The van der Waals surface area contributed by atoms with Crippen molar-refractivity contribution in [3.05, 3.63) is 52.2 Å². The van der Waals surface area contributed by atoms with E-state index in [1.807, 2.05) is 62.8 Å². The summed E-state index contributed by atoms with van der Waals surface area (Å²) in [6.45, 7) is 3.38. The van der Waals surface area contributed by atoms with E-state index in [1.165, 1.54) is 0 Å². The Kier molecular flexibility index (Phi) is 5.74. The molecule has 138 valence electrons. The lowest BCUT2D eigenvalue weighted by Gasteiger charge is -2.29. The van der Waals surface area contributed by atoms with Crippen molar-refractivity contribution >= 4 is 28.8 Å². The number of nitrogens with zero attached hydrogens (tertiary/aromatic N) is 2. The first kappa shape index (κ1) is 18.6. The molecule has 0 saturated carbocycles. The zero-order chi connectivity index (χ0) is 18.7. The van der Waals surface area contributed by atoms with Crippen molar-refractivity contribution < 1.29 is 9.59 Å². The van der Waals surface area contributed by atoms with E-state index >= 15 is 0 Å². The third kappa shape index (κ3) is 3.66. The highest BCUT2D eigenvalue weighted by Gasteiger charge is 2.46. The molecule has 2 heterocycles. The van der Waals surface area contributed by atoms with Crippen molar-refractivity contribution in [3.8, 4) is 0 Å². The molecule has 6 heteroatoms. The monoisotopic (exact) mass is 371 g/mol. The number of anilines is 1. The predicted octanol–water partition coefficient (Wildman–Crippen LogP) is 2.83. The minimum atomic E-state index is -0.357. The maximum absolute atomic E-state index is 13.1. The molecule has 1 saturated heterocycles. The van der Waals surface area contributed by atoms with E-state index in [4.69, 9.17) is 0 Å². The van der Waals surface area contributed by atoms with Crippen LogP contribution in [0.15, 0.2) is 41.8 Å². The summed E-state index contributed by atoms with van der Waals surface area (Å²) in [4.78, 5) is 30.5. The molecule has 0 aliphatic carbocycles. The van der Waals surface area contributed by atoms with Crippen LogP contribution in [-0.4, -0.2) is 43.9 Å². The fourth-order valence-corrected chi connectivity index (χ4v) is 4.30. The normalized spacial score (nSPS) is 19.8. The van der Waals surface area contributed by atoms with Gasteiger partial charge < -0.3 is 15.1 Å². The van der Waals surface area contributed by atoms with Gasteiger partial charge in [-0.3, -0.25) is 9.59 Å². The summed E-state index contributed by atoms with van der Waals surface area (Å²) in [6, 6.07) is 11.7. The molecule has 1 N–H and O–H groups in total. The number of thiophene rings is 1.